The Morgan fingerprint density at radius 3 is 2.64 bits per heavy atom. The molecule has 132 valence electrons. The molecule has 0 radical (unpaired) electrons. The van der Waals surface area contributed by atoms with Crippen LogP contribution in [-0.2, 0) is 0 Å². The van der Waals surface area contributed by atoms with Crippen LogP contribution >= 0.6 is 0 Å². The van der Waals surface area contributed by atoms with Gasteiger partial charge in [0.1, 0.15) is 5.75 Å². The Hall–Kier alpha value is -3.22. The molecule has 2 rings (SSSR count). The van der Waals surface area contributed by atoms with Crippen LogP contribution in [0.3, 0.4) is 0 Å². The van der Waals surface area contributed by atoms with E-state index in [-0.39, 0.29) is 0 Å². The van der Waals surface area contributed by atoms with Gasteiger partial charge in [0.2, 0.25) is 0 Å². The maximum Gasteiger partial charge on any atom is 0.332 e. The maximum atomic E-state index is 10.6. The van der Waals surface area contributed by atoms with Gasteiger partial charge < -0.3 is 19.9 Å². The molecule has 0 heterocycles. The molecule has 2 amide bonds. The number of hydrogen-bond acceptors (Lipinski definition) is 5. The molecule has 25 heavy (non-hydrogen) atoms. The summed E-state index contributed by atoms with van der Waals surface area (Å²) in [5.41, 5.74) is 7.86. The molecule has 0 saturated heterocycles. The predicted molar refractivity (Wildman–Crippen MR) is 95.4 cm³/mol. The Labute approximate surface area is 146 Å². The molecule has 0 aliphatic carbocycles. The first kappa shape index (κ1) is 18.1. The Bertz CT molecular complexity index is 719. The zero-order chi connectivity index (χ0) is 17.9. The third kappa shape index (κ3) is 6.42. The summed E-state index contributed by atoms with van der Waals surface area (Å²) in [6, 6.07) is 14.1. The van der Waals surface area contributed by atoms with Crippen LogP contribution in [0.15, 0.2) is 53.6 Å². The number of hydrazone groups is 1. The molecule has 0 atom stereocenters. The molecule has 0 fully saturated rings. The number of carbonyl (C=O) groups excluding carboxylic acids is 1. The van der Waals surface area contributed by atoms with E-state index < -0.39 is 6.03 Å². The fourth-order valence-corrected chi connectivity index (χ4v) is 2.02. The summed E-state index contributed by atoms with van der Waals surface area (Å²) >= 11 is 0. The van der Waals surface area contributed by atoms with Crippen LogP contribution in [0.4, 0.5) is 4.79 Å². The largest absolute Gasteiger partial charge is 0.493 e. The number of primary amides is 1. The molecule has 0 saturated carbocycles. The van der Waals surface area contributed by atoms with Crippen molar-refractivity contribution >= 4 is 12.2 Å². The van der Waals surface area contributed by atoms with Crippen LogP contribution in [0.25, 0.3) is 0 Å². The summed E-state index contributed by atoms with van der Waals surface area (Å²) in [4.78, 5) is 10.6. The van der Waals surface area contributed by atoms with E-state index >= 15 is 0 Å². The van der Waals surface area contributed by atoms with E-state index in [1.165, 1.54) is 6.21 Å². The number of hydrogen-bond donors (Lipinski definition) is 2. The van der Waals surface area contributed by atoms with E-state index in [2.05, 4.69) is 10.5 Å². The highest BCUT2D eigenvalue weighted by molar-refractivity contribution is 5.81. The molecule has 7 heteroatoms. The quantitative estimate of drug-likeness (QED) is 0.415. The lowest BCUT2D eigenvalue weighted by Crippen LogP contribution is -2.24. The molecule has 0 bridgehead atoms. The van der Waals surface area contributed by atoms with Crippen molar-refractivity contribution in [2.24, 2.45) is 10.8 Å². The van der Waals surface area contributed by atoms with E-state index in [1.54, 1.807) is 7.11 Å². The molecule has 0 spiro atoms. The number of methoxy groups -OCH3 is 1. The van der Waals surface area contributed by atoms with Gasteiger partial charge in [-0.2, -0.15) is 5.10 Å². The van der Waals surface area contributed by atoms with Crippen LogP contribution in [0.5, 0.6) is 17.2 Å². The molecular weight excluding hydrogens is 322 g/mol. The topological polar surface area (TPSA) is 95.2 Å². The van der Waals surface area contributed by atoms with Crippen LogP contribution < -0.4 is 25.4 Å². The molecule has 0 aliphatic rings. The van der Waals surface area contributed by atoms with E-state index in [9.17, 15) is 4.79 Å². The predicted octanol–water partition coefficient (Wildman–Crippen LogP) is 2.55. The lowest BCUT2D eigenvalue weighted by Gasteiger charge is -2.11. The average Bonchev–Trinajstić information content (AvgIpc) is 2.62. The van der Waals surface area contributed by atoms with Gasteiger partial charge in [0, 0.05) is 6.42 Å². The van der Waals surface area contributed by atoms with E-state index in [0.717, 1.165) is 12.0 Å². The number of benzene rings is 2. The standard InChI is InChI=1S/C18H21N3O4/c1-23-16-8-2-3-9-17(16)25-11-5-10-24-15-7-4-6-14(12-15)13-20-21-18(19)22/h2-4,6-9,12-13H,5,10-11H2,1H3,(H3,19,21,22)/b20-13-. The first-order chi connectivity index (χ1) is 12.2. The second kappa shape index (κ2) is 9.82. The van der Waals surface area contributed by atoms with Crippen LogP contribution in [-0.4, -0.2) is 32.6 Å². The highest BCUT2D eigenvalue weighted by Gasteiger charge is 2.02. The summed E-state index contributed by atoms with van der Waals surface area (Å²) in [7, 11) is 1.61. The third-order valence-electron chi connectivity index (χ3n) is 3.13. The van der Waals surface area contributed by atoms with Gasteiger partial charge in [-0.05, 0) is 29.8 Å². The van der Waals surface area contributed by atoms with Gasteiger partial charge >= 0.3 is 6.03 Å². The monoisotopic (exact) mass is 343 g/mol. The lowest BCUT2D eigenvalue weighted by molar-refractivity contribution is 0.240. The van der Waals surface area contributed by atoms with Gasteiger partial charge in [-0.25, -0.2) is 10.2 Å². The zero-order valence-electron chi connectivity index (χ0n) is 14.0. The molecule has 2 aromatic rings. The maximum absolute atomic E-state index is 10.6. The molecule has 0 aliphatic heterocycles. The zero-order valence-corrected chi connectivity index (χ0v) is 14.0. The Balaban J connectivity index is 1.74. The van der Waals surface area contributed by atoms with Crippen molar-refractivity contribution in [3.63, 3.8) is 0 Å². The summed E-state index contributed by atoms with van der Waals surface area (Å²) in [6.45, 7) is 1.03. The highest BCUT2D eigenvalue weighted by atomic mass is 16.5. The minimum Gasteiger partial charge on any atom is -0.493 e. The van der Waals surface area contributed by atoms with Gasteiger partial charge in [0.25, 0.3) is 0 Å². The van der Waals surface area contributed by atoms with Crippen molar-refractivity contribution in [3.05, 3.63) is 54.1 Å². The Kier molecular flexibility index (Phi) is 7.12. The van der Waals surface area contributed by atoms with Gasteiger partial charge in [0.05, 0.1) is 26.5 Å². The van der Waals surface area contributed by atoms with E-state index in [1.807, 2.05) is 48.5 Å². The molecular formula is C18H21N3O4. The first-order valence-corrected chi connectivity index (χ1v) is 7.76. The number of carbonyl (C=O) groups is 1. The molecule has 7 nitrogen and oxygen atoms in total. The molecule has 3 N–H and O–H groups in total. The number of amides is 2. The Morgan fingerprint density at radius 1 is 1.12 bits per heavy atom. The van der Waals surface area contributed by atoms with Crippen molar-refractivity contribution in [2.75, 3.05) is 20.3 Å². The third-order valence-corrected chi connectivity index (χ3v) is 3.13. The van der Waals surface area contributed by atoms with Gasteiger partial charge in [-0.15, -0.1) is 0 Å². The second-order valence-corrected chi connectivity index (χ2v) is 5.01. The summed E-state index contributed by atoms with van der Waals surface area (Å²) in [5, 5.41) is 3.70. The summed E-state index contributed by atoms with van der Waals surface area (Å²) < 4.78 is 16.6. The Morgan fingerprint density at radius 2 is 1.88 bits per heavy atom. The van der Waals surface area contributed by atoms with Crippen molar-refractivity contribution in [1.29, 1.82) is 0 Å². The fourth-order valence-electron chi connectivity index (χ4n) is 2.02. The minimum atomic E-state index is -0.710. The fraction of sp³-hybridized carbons (Fsp3) is 0.222. The molecule has 0 aromatic heterocycles. The van der Waals surface area contributed by atoms with Crippen LogP contribution in [0, 0.1) is 0 Å². The number of nitrogens with two attached hydrogens (primary N) is 1. The van der Waals surface area contributed by atoms with Crippen molar-refractivity contribution in [2.45, 2.75) is 6.42 Å². The van der Waals surface area contributed by atoms with Crippen molar-refractivity contribution in [3.8, 4) is 17.2 Å². The van der Waals surface area contributed by atoms with Crippen LogP contribution in [0.1, 0.15) is 12.0 Å². The summed E-state index contributed by atoms with van der Waals surface area (Å²) in [6.07, 6.45) is 2.21. The number of ether oxygens (including phenoxy) is 3. The smallest absolute Gasteiger partial charge is 0.332 e. The number of nitrogens with zero attached hydrogens (tertiary/aromatic N) is 1. The number of nitrogens with one attached hydrogen (secondary N) is 1. The van der Waals surface area contributed by atoms with E-state index in [0.29, 0.717) is 30.5 Å². The van der Waals surface area contributed by atoms with Gasteiger partial charge in [0.15, 0.2) is 11.5 Å². The first-order valence-electron chi connectivity index (χ1n) is 7.76. The summed E-state index contributed by atoms with van der Waals surface area (Å²) in [5.74, 6) is 2.13. The second-order valence-electron chi connectivity index (χ2n) is 5.01. The molecule has 2 aromatic carbocycles. The molecule has 0 unspecified atom stereocenters. The van der Waals surface area contributed by atoms with Crippen molar-refractivity contribution < 1.29 is 19.0 Å². The number of para-hydroxylation sites is 2. The van der Waals surface area contributed by atoms with Crippen molar-refractivity contribution in [1.82, 2.24) is 5.43 Å². The number of urea groups is 1. The normalized spacial score (nSPS) is 10.4. The van der Waals surface area contributed by atoms with Gasteiger partial charge in [-0.1, -0.05) is 24.3 Å². The highest BCUT2D eigenvalue weighted by Crippen LogP contribution is 2.25. The lowest BCUT2D eigenvalue weighted by atomic mass is 10.2. The average molecular weight is 343 g/mol. The number of rotatable bonds is 9. The van der Waals surface area contributed by atoms with Gasteiger partial charge in [-0.3, -0.25) is 0 Å². The van der Waals surface area contributed by atoms with E-state index in [4.69, 9.17) is 19.9 Å². The minimum absolute atomic E-state index is 0.509. The van der Waals surface area contributed by atoms with Crippen LogP contribution in [0.2, 0.25) is 0 Å². The SMILES string of the molecule is COc1ccccc1OCCCOc1cccc(/C=N\NC(N)=O)c1.